The van der Waals surface area contributed by atoms with Gasteiger partial charge in [-0.05, 0) is 53.9 Å². The van der Waals surface area contributed by atoms with E-state index in [4.69, 9.17) is 23.2 Å². The van der Waals surface area contributed by atoms with E-state index < -0.39 is 0 Å². The number of hydrogen-bond donors (Lipinski definition) is 3. The first-order valence-corrected chi connectivity index (χ1v) is 10.7. The van der Waals surface area contributed by atoms with Crippen LogP contribution in [-0.2, 0) is 6.42 Å². The Morgan fingerprint density at radius 3 is 2.31 bits per heavy atom. The predicted molar refractivity (Wildman–Crippen MR) is 130 cm³/mol. The molecule has 29 heavy (non-hydrogen) atoms. The summed E-state index contributed by atoms with van der Waals surface area (Å²) in [7, 11) is 0. The zero-order valence-corrected chi connectivity index (χ0v) is 19.5. The molecule has 2 aromatic carbocycles. The number of phenols is 1. The van der Waals surface area contributed by atoms with E-state index in [0.29, 0.717) is 22.3 Å². The van der Waals surface area contributed by atoms with Crippen molar-refractivity contribution in [2.24, 2.45) is 5.10 Å². The van der Waals surface area contributed by atoms with Crippen LogP contribution in [0.3, 0.4) is 0 Å². The third-order valence-corrected chi connectivity index (χ3v) is 4.01. The number of aromatic hydroxyl groups is 1. The van der Waals surface area contributed by atoms with E-state index in [1.165, 1.54) is 0 Å². The minimum Gasteiger partial charge on any atom is -0.506 e. The molecule has 4 nitrogen and oxygen atoms in total. The molecule has 0 radical (unpaired) electrons. The van der Waals surface area contributed by atoms with Gasteiger partial charge in [-0.25, -0.2) is 0 Å². The van der Waals surface area contributed by atoms with Gasteiger partial charge in [0, 0.05) is 16.4 Å². The van der Waals surface area contributed by atoms with Gasteiger partial charge >= 0.3 is 0 Å². The molecular formula is C23H33Cl2N3O. The van der Waals surface area contributed by atoms with Crippen LogP contribution in [0.2, 0.25) is 10.0 Å². The third-order valence-electron chi connectivity index (χ3n) is 3.47. The monoisotopic (exact) mass is 437 g/mol. The van der Waals surface area contributed by atoms with Gasteiger partial charge in [0.25, 0.3) is 0 Å². The zero-order valence-electron chi connectivity index (χ0n) is 18.0. The molecule has 0 aliphatic heterocycles. The van der Waals surface area contributed by atoms with Crippen molar-refractivity contribution in [3.8, 4) is 5.75 Å². The van der Waals surface area contributed by atoms with Crippen LogP contribution in [0.5, 0.6) is 5.75 Å². The average Bonchev–Trinajstić information content (AvgIpc) is 2.74. The molecule has 0 bridgehead atoms. The van der Waals surface area contributed by atoms with Crippen molar-refractivity contribution in [3.63, 3.8) is 0 Å². The minimum absolute atomic E-state index is 0.144. The number of anilines is 1. The Morgan fingerprint density at radius 1 is 1.10 bits per heavy atom. The molecule has 0 unspecified atom stereocenters. The van der Waals surface area contributed by atoms with Gasteiger partial charge < -0.3 is 10.4 Å². The summed E-state index contributed by atoms with van der Waals surface area (Å²) < 4.78 is 0. The first-order chi connectivity index (χ1) is 14.0. The summed E-state index contributed by atoms with van der Waals surface area (Å²) in [5.41, 5.74) is 6.18. The normalized spacial score (nSPS) is 9.76. The number of phenolic OH excluding ortho intramolecular Hbond substituents is 1. The molecule has 0 saturated heterocycles. The summed E-state index contributed by atoms with van der Waals surface area (Å²) in [6, 6.07) is 11.0. The molecule has 0 heterocycles. The summed E-state index contributed by atoms with van der Waals surface area (Å²) in [4.78, 5) is 0. The average molecular weight is 438 g/mol. The van der Waals surface area contributed by atoms with Crippen LogP contribution in [-0.4, -0.2) is 17.9 Å². The van der Waals surface area contributed by atoms with Crippen LogP contribution in [0.25, 0.3) is 0 Å². The molecule has 0 fully saturated rings. The van der Waals surface area contributed by atoms with Gasteiger partial charge in [-0.3, -0.25) is 5.43 Å². The number of aryl methyl sites for hydroxylation is 1. The Bertz CT molecular complexity index is 759. The molecule has 0 saturated carbocycles. The van der Waals surface area contributed by atoms with Gasteiger partial charge in [-0.15, -0.1) is 0 Å². The summed E-state index contributed by atoms with van der Waals surface area (Å²) in [6.07, 6.45) is 3.34. The fourth-order valence-electron chi connectivity index (χ4n) is 2.23. The highest BCUT2D eigenvalue weighted by atomic mass is 35.5. The van der Waals surface area contributed by atoms with Crippen LogP contribution in [0.15, 0.2) is 53.8 Å². The molecule has 0 atom stereocenters. The number of halogens is 2. The highest BCUT2D eigenvalue weighted by Gasteiger charge is 2.07. The highest BCUT2D eigenvalue weighted by molar-refractivity contribution is 6.32. The quantitative estimate of drug-likeness (QED) is 0.300. The van der Waals surface area contributed by atoms with Gasteiger partial charge in [0.05, 0.1) is 17.8 Å². The summed E-state index contributed by atoms with van der Waals surface area (Å²) in [5.74, 6) is 0.144. The lowest BCUT2D eigenvalue weighted by Crippen LogP contribution is -2.14. The molecule has 160 valence electrons. The second-order valence-electron chi connectivity index (χ2n) is 5.59. The minimum atomic E-state index is 0.144. The van der Waals surface area contributed by atoms with Crippen molar-refractivity contribution in [1.29, 1.82) is 0 Å². The van der Waals surface area contributed by atoms with Crippen molar-refractivity contribution in [1.82, 2.24) is 5.43 Å². The fourth-order valence-corrected chi connectivity index (χ4v) is 2.60. The zero-order chi connectivity index (χ0) is 22.2. The number of nitrogens with one attached hydrogen (secondary N) is 2. The molecular weight excluding hydrogens is 405 g/mol. The van der Waals surface area contributed by atoms with Gasteiger partial charge in [-0.2, -0.15) is 5.10 Å². The van der Waals surface area contributed by atoms with Crippen LogP contribution in [0, 0.1) is 0 Å². The van der Waals surface area contributed by atoms with Crippen LogP contribution >= 0.6 is 23.2 Å². The van der Waals surface area contributed by atoms with E-state index in [0.717, 1.165) is 29.7 Å². The van der Waals surface area contributed by atoms with Crippen molar-refractivity contribution < 1.29 is 5.11 Å². The lowest BCUT2D eigenvalue weighted by molar-refractivity contribution is 0.468. The Morgan fingerprint density at radius 2 is 1.72 bits per heavy atom. The Hall–Kier alpha value is -2.17. The predicted octanol–water partition coefficient (Wildman–Crippen LogP) is 7.25. The maximum absolute atomic E-state index is 9.94. The first kappa shape index (κ1) is 26.8. The SMILES string of the molecule is C=C(CNc1ccc(Cl)cc1)N/N=C/c1cc(Cl)c(O)c(CCC)c1.CC.CC. The topological polar surface area (TPSA) is 56.7 Å². The van der Waals surface area contributed by atoms with E-state index in [9.17, 15) is 5.11 Å². The van der Waals surface area contributed by atoms with Crippen molar-refractivity contribution in [3.05, 3.63) is 69.8 Å². The third kappa shape index (κ3) is 10.2. The van der Waals surface area contributed by atoms with Crippen LogP contribution in [0.1, 0.15) is 52.2 Å². The Balaban J connectivity index is 0.00000184. The number of rotatable bonds is 8. The summed E-state index contributed by atoms with van der Waals surface area (Å²) in [5, 5.41) is 18.3. The largest absolute Gasteiger partial charge is 0.506 e. The van der Waals surface area contributed by atoms with Crippen molar-refractivity contribution in [2.75, 3.05) is 11.9 Å². The molecule has 0 aliphatic carbocycles. The number of hydrazone groups is 1. The van der Waals surface area contributed by atoms with Gasteiger partial charge in [-0.1, -0.05) is 70.8 Å². The highest BCUT2D eigenvalue weighted by Crippen LogP contribution is 2.29. The fraction of sp³-hybridized carbons (Fsp3) is 0.348. The van der Waals surface area contributed by atoms with Gasteiger partial charge in [0.1, 0.15) is 5.75 Å². The van der Waals surface area contributed by atoms with E-state index in [1.807, 2.05) is 65.0 Å². The van der Waals surface area contributed by atoms with Crippen LogP contribution in [0.4, 0.5) is 5.69 Å². The van der Waals surface area contributed by atoms with E-state index in [1.54, 1.807) is 12.3 Å². The lowest BCUT2D eigenvalue weighted by Gasteiger charge is -2.09. The second kappa shape index (κ2) is 15.7. The van der Waals surface area contributed by atoms with Gasteiger partial charge in [0.15, 0.2) is 0 Å². The number of benzene rings is 2. The molecule has 0 aliphatic rings. The van der Waals surface area contributed by atoms with Crippen LogP contribution < -0.4 is 10.7 Å². The molecule has 0 spiro atoms. The molecule has 0 aromatic heterocycles. The van der Waals surface area contributed by atoms with Crippen molar-refractivity contribution in [2.45, 2.75) is 47.5 Å². The Labute approximate surface area is 185 Å². The standard InChI is InChI=1S/C19H21Cl2N3O.2C2H6/c1-3-4-15-9-14(10-18(21)19(15)25)12-23-24-13(2)11-22-17-7-5-16(20)6-8-17;2*1-2/h5-10,12,22,24-25H,2-4,11H2,1H3;2*1-2H3/b23-12+;;. The number of hydrogen-bond acceptors (Lipinski definition) is 4. The maximum atomic E-state index is 9.94. The first-order valence-electron chi connectivity index (χ1n) is 9.97. The molecule has 2 aromatic rings. The second-order valence-corrected chi connectivity index (χ2v) is 6.44. The van der Waals surface area contributed by atoms with Crippen molar-refractivity contribution >= 4 is 35.1 Å². The smallest absolute Gasteiger partial charge is 0.137 e. The van der Waals surface area contributed by atoms with E-state index in [-0.39, 0.29) is 5.75 Å². The molecule has 3 N–H and O–H groups in total. The van der Waals surface area contributed by atoms with Gasteiger partial charge in [0.2, 0.25) is 0 Å². The Kier molecular flexibility index (Phi) is 14.5. The molecule has 0 amide bonds. The molecule has 6 heteroatoms. The van der Waals surface area contributed by atoms with E-state index in [2.05, 4.69) is 22.4 Å². The molecule has 2 rings (SSSR count). The summed E-state index contributed by atoms with van der Waals surface area (Å²) >= 11 is 11.9. The lowest BCUT2D eigenvalue weighted by atomic mass is 10.1. The summed E-state index contributed by atoms with van der Waals surface area (Å²) in [6.45, 7) is 14.5. The number of nitrogens with zero attached hydrogens (tertiary/aromatic N) is 1. The van der Waals surface area contributed by atoms with E-state index >= 15 is 0 Å². The maximum Gasteiger partial charge on any atom is 0.137 e.